The third-order valence-corrected chi connectivity index (χ3v) is 4.04. The molecule has 1 aromatic carbocycles. The normalized spacial score (nSPS) is 24.2. The van der Waals surface area contributed by atoms with Gasteiger partial charge in [-0.15, -0.1) is 0 Å². The Morgan fingerprint density at radius 2 is 2.05 bits per heavy atom. The first-order chi connectivity index (χ1) is 9.69. The number of carboxylic acid groups (broad SMARTS) is 1. The average molecular weight is 277 g/mol. The number of rotatable bonds is 6. The lowest BCUT2D eigenvalue weighted by atomic mass is 9.85. The van der Waals surface area contributed by atoms with E-state index in [1.165, 1.54) is 5.56 Å². The Labute approximate surface area is 119 Å². The van der Waals surface area contributed by atoms with Crippen molar-refractivity contribution in [2.45, 2.75) is 44.2 Å². The molecule has 0 heterocycles. The number of hydrogen-bond donors (Lipinski definition) is 3. The van der Waals surface area contributed by atoms with Crippen molar-refractivity contribution in [3.05, 3.63) is 35.9 Å². The zero-order valence-electron chi connectivity index (χ0n) is 11.7. The maximum absolute atomic E-state index is 11.1. The molecule has 1 aliphatic carbocycles. The second-order valence-corrected chi connectivity index (χ2v) is 5.63. The summed E-state index contributed by atoms with van der Waals surface area (Å²) in [6, 6.07) is 10.2. The van der Waals surface area contributed by atoms with Crippen LogP contribution in [0.25, 0.3) is 0 Å². The topological polar surface area (TPSA) is 69.6 Å². The second-order valence-electron chi connectivity index (χ2n) is 5.63. The van der Waals surface area contributed by atoms with Gasteiger partial charge in [0.25, 0.3) is 0 Å². The standard InChI is InChI=1S/C16H23NO3/c18-11-15(9-12-5-2-1-3-6-12)17-14-8-4-7-13(10-14)16(19)20/h1-3,5-6,13-15,17-18H,4,7-11H2,(H,19,20). The highest BCUT2D eigenvalue weighted by molar-refractivity contribution is 5.70. The van der Waals surface area contributed by atoms with Crippen molar-refractivity contribution in [1.29, 1.82) is 0 Å². The molecule has 1 aromatic rings. The minimum Gasteiger partial charge on any atom is -0.481 e. The molecule has 3 N–H and O–H groups in total. The van der Waals surface area contributed by atoms with Crippen molar-refractivity contribution in [2.24, 2.45) is 5.92 Å². The number of aliphatic hydroxyl groups excluding tert-OH is 1. The summed E-state index contributed by atoms with van der Waals surface area (Å²) >= 11 is 0. The van der Waals surface area contributed by atoms with E-state index >= 15 is 0 Å². The van der Waals surface area contributed by atoms with Crippen LogP contribution in [-0.2, 0) is 11.2 Å². The van der Waals surface area contributed by atoms with Gasteiger partial charge in [0, 0.05) is 12.1 Å². The Hall–Kier alpha value is -1.39. The van der Waals surface area contributed by atoms with E-state index in [0.717, 1.165) is 25.7 Å². The van der Waals surface area contributed by atoms with E-state index in [1.54, 1.807) is 0 Å². The van der Waals surface area contributed by atoms with E-state index in [9.17, 15) is 9.90 Å². The molecule has 0 aliphatic heterocycles. The maximum Gasteiger partial charge on any atom is 0.306 e. The minimum absolute atomic E-state index is 0.00468. The van der Waals surface area contributed by atoms with Gasteiger partial charge in [-0.2, -0.15) is 0 Å². The van der Waals surface area contributed by atoms with Crippen LogP contribution >= 0.6 is 0 Å². The molecule has 110 valence electrons. The molecule has 1 aliphatic rings. The van der Waals surface area contributed by atoms with Crippen molar-refractivity contribution in [3.8, 4) is 0 Å². The fourth-order valence-corrected chi connectivity index (χ4v) is 2.97. The Bertz CT molecular complexity index is 421. The van der Waals surface area contributed by atoms with Gasteiger partial charge >= 0.3 is 5.97 Å². The number of aliphatic carboxylic acids is 1. The molecule has 0 amide bonds. The molecule has 0 radical (unpaired) electrons. The number of nitrogens with one attached hydrogen (secondary N) is 1. The van der Waals surface area contributed by atoms with Gasteiger partial charge in [0.05, 0.1) is 12.5 Å². The highest BCUT2D eigenvalue weighted by Gasteiger charge is 2.28. The number of hydrogen-bond acceptors (Lipinski definition) is 3. The first-order valence-electron chi connectivity index (χ1n) is 7.32. The summed E-state index contributed by atoms with van der Waals surface area (Å²) in [7, 11) is 0. The Morgan fingerprint density at radius 1 is 1.30 bits per heavy atom. The van der Waals surface area contributed by atoms with Crippen LogP contribution in [0.15, 0.2) is 30.3 Å². The van der Waals surface area contributed by atoms with Crippen LogP contribution in [0.4, 0.5) is 0 Å². The van der Waals surface area contributed by atoms with Crippen LogP contribution in [0.5, 0.6) is 0 Å². The van der Waals surface area contributed by atoms with E-state index in [-0.39, 0.29) is 24.6 Å². The van der Waals surface area contributed by atoms with Crippen molar-refractivity contribution in [2.75, 3.05) is 6.61 Å². The van der Waals surface area contributed by atoms with Crippen LogP contribution in [0, 0.1) is 5.92 Å². The molecule has 0 bridgehead atoms. The first-order valence-corrected chi connectivity index (χ1v) is 7.32. The molecule has 0 spiro atoms. The Balaban J connectivity index is 1.88. The molecular formula is C16H23NO3. The summed E-state index contributed by atoms with van der Waals surface area (Å²) in [5, 5.41) is 22.0. The predicted octanol–water partition coefficient (Wildman–Crippen LogP) is 1.82. The zero-order valence-corrected chi connectivity index (χ0v) is 11.7. The van der Waals surface area contributed by atoms with E-state index in [0.29, 0.717) is 6.42 Å². The van der Waals surface area contributed by atoms with Gasteiger partial charge in [0.2, 0.25) is 0 Å². The van der Waals surface area contributed by atoms with Gasteiger partial charge in [0.1, 0.15) is 0 Å². The quantitative estimate of drug-likeness (QED) is 0.742. The molecule has 0 aromatic heterocycles. The lowest BCUT2D eigenvalue weighted by Crippen LogP contribution is -2.45. The van der Waals surface area contributed by atoms with E-state index in [1.807, 2.05) is 30.3 Å². The molecule has 1 saturated carbocycles. The highest BCUT2D eigenvalue weighted by atomic mass is 16.4. The second kappa shape index (κ2) is 7.41. The Morgan fingerprint density at radius 3 is 2.70 bits per heavy atom. The summed E-state index contributed by atoms with van der Waals surface area (Å²) in [6.07, 6.45) is 4.15. The molecule has 2 rings (SSSR count). The molecule has 20 heavy (non-hydrogen) atoms. The SMILES string of the molecule is O=C(O)C1CCCC(NC(CO)Cc2ccccc2)C1. The molecule has 3 atom stereocenters. The van der Waals surface area contributed by atoms with E-state index < -0.39 is 5.97 Å². The third-order valence-electron chi connectivity index (χ3n) is 4.04. The Kier molecular flexibility index (Phi) is 5.56. The smallest absolute Gasteiger partial charge is 0.306 e. The van der Waals surface area contributed by atoms with Crippen molar-refractivity contribution in [3.63, 3.8) is 0 Å². The summed E-state index contributed by atoms with van der Waals surface area (Å²) in [5.74, 6) is -0.933. The minimum atomic E-state index is -0.694. The largest absolute Gasteiger partial charge is 0.481 e. The third kappa shape index (κ3) is 4.32. The van der Waals surface area contributed by atoms with E-state index in [4.69, 9.17) is 5.11 Å². The van der Waals surface area contributed by atoms with E-state index in [2.05, 4.69) is 5.32 Å². The fourth-order valence-electron chi connectivity index (χ4n) is 2.97. The van der Waals surface area contributed by atoms with Gasteiger partial charge < -0.3 is 15.5 Å². The zero-order chi connectivity index (χ0) is 14.4. The number of carboxylic acids is 1. The molecule has 1 fully saturated rings. The first kappa shape index (κ1) is 15.0. The molecule has 4 nitrogen and oxygen atoms in total. The average Bonchev–Trinajstić information content (AvgIpc) is 2.48. The molecule has 0 saturated heterocycles. The highest BCUT2D eigenvalue weighted by Crippen LogP contribution is 2.25. The van der Waals surface area contributed by atoms with Gasteiger partial charge in [-0.05, 0) is 31.2 Å². The van der Waals surface area contributed by atoms with Crippen LogP contribution in [0.1, 0.15) is 31.2 Å². The van der Waals surface area contributed by atoms with Gasteiger partial charge in [-0.3, -0.25) is 4.79 Å². The van der Waals surface area contributed by atoms with Crippen molar-refractivity contribution >= 4 is 5.97 Å². The predicted molar refractivity (Wildman–Crippen MR) is 77.5 cm³/mol. The summed E-state index contributed by atoms with van der Waals surface area (Å²) in [4.78, 5) is 11.1. The summed E-state index contributed by atoms with van der Waals surface area (Å²) in [6.45, 7) is 0.0726. The van der Waals surface area contributed by atoms with Crippen LogP contribution < -0.4 is 5.32 Å². The fraction of sp³-hybridized carbons (Fsp3) is 0.562. The lowest BCUT2D eigenvalue weighted by Gasteiger charge is -2.30. The monoisotopic (exact) mass is 277 g/mol. The lowest BCUT2D eigenvalue weighted by molar-refractivity contribution is -0.143. The van der Waals surface area contributed by atoms with Gasteiger partial charge in [0.15, 0.2) is 0 Å². The van der Waals surface area contributed by atoms with Crippen LogP contribution in [0.2, 0.25) is 0 Å². The molecule has 3 unspecified atom stereocenters. The number of benzene rings is 1. The van der Waals surface area contributed by atoms with Crippen molar-refractivity contribution < 1.29 is 15.0 Å². The van der Waals surface area contributed by atoms with Crippen molar-refractivity contribution in [1.82, 2.24) is 5.32 Å². The van der Waals surface area contributed by atoms with Gasteiger partial charge in [-0.25, -0.2) is 0 Å². The van der Waals surface area contributed by atoms with Crippen LogP contribution in [0.3, 0.4) is 0 Å². The molecular weight excluding hydrogens is 254 g/mol. The summed E-state index contributed by atoms with van der Waals surface area (Å²) in [5.41, 5.74) is 1.18. The summed E-state index contributed by atoms with van der Waals surface area (Å²) < 4.78 is 0. The van der Waals surface area contributed by atoms with Crippen LogP contribution in [-0.4, -0.2) is 34.9 Å². The number of aliphatic hydroxyl groups is 1. The van der Waals surface area contributed by atoms with Gasteiger partial charge in [-0.1, -0.05) is 36.8 Å². The number of carbonyl (C=O) groups is 1. The maximum atomic E-state index is 11.1. The molecule has 4 heteroatoms.